The van der Waals surface area contributed by atoms with E-state index in [1.807, 2.05) is 0 Å². The molecule has 0 bridgehead atoms. The van der Waals surface area contributed by atoms with Crippen LogP contribution < -0.4 is 11.2 Å². The fraction of sp³-hybridized carbons (Fsp3) is 0.444. The van der Waals surface area contributed by atoms with Crippen LogP contribution in [0.25, 0.3) is 0 Å². The Bertz CT molecular complexity index is 752. The third-order valence-corrected chi connectivity index (χ3v) is 3.80. The number of sulfone groups is 1. The van der Waals surface area contributed by atoms with Gasteiger partial charge < -0.3 is 0 Å². The maximum Gasteiger partial charge on any atom is 0.332 e. The molecule has 0 spiro atoms. The molecule has 0 saturated carbocycles. The zero-order valence-electron chi connectivity index (χ0n) is 9.59. The molecule has 8 heteroatoms. The second kappa shape index (κ2) is 3.39. The van der Waals surface area contributed by atoms with Crippen LogP contribution in [0.5, 0.6) is 0 Å². The molecule has 1 aromatic rings. The standard InChI is InChI=1S/C9H11N3O4S/c1-11-7-5(8(13)12(2)9(11)14)4-6(10-7)17(3,15)16/h4H2,1-3H3. The first kappa shape index (κ1) is 11.8. The van der Waals surface area contributed by atoms with E-state index in [1.165, 1.54) is 18.7 Å². The molecule has 0 N–H and O–H groups in total. The maximum atomic E-state index is 11.8. The number of nitrogens with zero attached hydrogens (tertiary/aromatic N) is 3. The normalized spacial score (nSPS) is 14.6. The Labute approximate surface area is 97.0 Å². The second-order valence-corrected chi connectivity index (χ2v) is 5.98. The first-order valence-corrected chi connectivity index (χ1v) is 6.69. The molecule has 0 fully saturated rings. The lowest BCUT2D eigenvalue weighted by molar-refractivity contribution is 0.612. The summed E-state index contributed by atoms with van der Waals surface area (Å²) < 4.78 is 24.9. The number of hydrogen-bond donors (Lipinski definition) is 0. The first-order chi connectivity index (χ1) is 7.73. The van der Waals surface area contributed by atoms with Crippen molar-refractivity contribution in [1.29, 1.82) is 0 Å². The number of rotatable bonds is 0. The third kappa shape index (κ3) is 1.64. The van der Waals surface area contributed by atoms with E-state index >= 15 is 0 Å². The summed E-state index contributed by atoms with van der Waals surface area (Å²) in [5.41, 5.74) is -0.771. The van der Waals surface area contributed by atoms with Gasteiger partial charge in [0.15, 0.2) is 9.84 Å². The predicted octanol–water partition coefficient (Wildman–Crippen LogP) is -1.29. The van der Waals surface area contributed by atoms with E-state index in [4.69, 9.17) is 0 Å². The number of fused-ring (bicyclic) bond motifs is 1. The Kier molecular flexibility index (Phi) is 2.35. The monoisotopic (exact) mass is 257 g/mol. The topological polar surface area (TPSA) is 90.5 Å². The highest BCUT2D eigenvalue weighted by atomic mass is 32.2. The first-order valence-electron chi connectivity index (χ1n) is 4.80. The summed E-state index contributed by atoms with van der Waals surface area (Å²) in [6.45, 7) is 0. The Morgan fingerprint density at radius 3 is 2.29 bits per heavy atom. The fourth-order valence-electron chi connectivity index (χ4n) is 1.72. The SMILES string of the molecule is Cn1c2c(c(=O)n(C)c1=O)CC(S(C)(=O)=O)=N2. The molecule has 0 saturated heterocycles. The predicted molar refractivity (Wildman–Crippen MR) is 62.6 cm³/mol. The van der Waals surface area contributed by atoms with Gasteiger partial charge in [-0.25, -0.2) is 18.2 Å². The second-order valence-electron chi connectivity index (χ2n) is 3.96. The van der Waals surface area contributed by atoms with Gasteiger partial charge in [-0.2, -0.15) is 0 Å². The third-order valence-electron chi connectivity index (χ3n) is 2.71. The summed E-state index contributed by atoms with van der Waals surface area (Å²) in [5.74, 6) is 0.138. The van der Waals surface area contributed by atoms with Crippen molar-refractivity contribution >= 4 is 20.7 Å². The summed E-state index contributed by atoms with van der Waals surface area (Å²) in [6, 6.07) is 0. The zero-order chi connectivity index (χ0) is 13.0. The van der Waals surface area contributed by atoms with Crippen LogP contribution in [0.2, 0.25) is 0 Å². The molecule has 1 aromatic heterocycles. The van der Waals surface area contributed by atoms with Crippen LogP contribution in [0.4, 0.5) is 5.82 Å². The number of aliphatic imine (C=N–C) groups is 1. The fourth-order valence-corrected chi connectivity index (χ4v) is 2.38. The summed E-state index contributed by atoms with van der Waals surface area (Å²) in [6.07, 6.45) is 0.981. The van der Waals surface area contributed by atoms with Crippen molar-refractivity contribution < 1.29 is 8.42 Å². The van der Waals surface area contributed by atoms with Crippen LogP contribution in [0.15, 0.2) is 14.6 Å². The van der Waals surface area contributed by atoms with Gasteiger partial charge in [0.1, 0.15) is 10.9 Å². The summed E-state index contributed by atoms with van der Waals surface area (Å²) in [4.78, 5) is 27.3. The van der Waals surface area contributed by atoms with Crippen molar-refractivity contribution in [3.8, 4) is 0 Å². The minimum Gasteiger partial charge on any atom is -0.281 e. The molecular weight excluding hydrogens is 246 g/mol. The zero-order valence-corrected chi connectivity index (χ0v) is 10.4. The van der Waals surface area contributed by atoms with Gasteiger partial charge in [-0.3, -0.25) is 13.9 Å². The van der Waals surface area contributed by atoms with Crippen LogP contribution in [0, 0.1) is 0 Å². The van der Waals surface area contributed by atoms with E-state index in [0.717, 1.165) is 10.8 Å². The van der Waals surface area contributed by atoms with Gasteiger partial charge in [0.05, 0.1) is 5.56 Å². The van der Waals surface area contributed by atoms with Gasteiger partial charge in [0.25, 0.3) is 5.56 Å². The van der Waals surface area contributed by atoms with E-state index in [2.05, 4.69) is 4.99 Å². The van der Waals surface area contributed by atoms with Crippen molar-refractivity contribution in [2.75, 3.05) is 6.26 Å². The molecule has 2 heterocycles. The van der Waals surface area contributed by atoms with E-state index in [-0.39, 0.29) is 22.8 Å². The van der Waals surface area contributed by atoms with Crippen molar-refractivity contribution in [3.63, 3.8) is 0 Å². The number of aromatic nitrogens is 2. The van der Waals surface area contributed by atoms with Crippen molar-refractivity contribution in [3.05, 3.63) is 26.4 Å². The van der Waals surface area contributed by atoms with E-state index < -0.39 is 21.1 Å². The Hall–Kier alpha value is -1.70. The molecule has 0 radical (unpaired) electrons. The lowest BCUT2D eigenvalue weighted by Crippen LogP contribution is -2.38. The van der Waals surface area contributed by atoms with E-state index in [1.54, 1.807) is 0 Å². The lowest BCUT2D eigenvalue weighted by atomic mass is 10.2. The lowest BCUT2D eigenvalue weighted by Gasteiger charge is -2.05. The average molecular weight is 257 g/mol. The molecule has 17 heavy (non-hydrogen) atoms. The average Bonchev–Trinajstić information content (AvgIpc) is 2.67. The molecule has 0 atom stereocenters. The highest BCUT2D eigenvalue weighted by molar-refractivity contribution is 8.05. The molecule has 0 aromatic carbocycles. The van der Waals surface area contributed by atoms with Crippen LogP contribution in [-0.4, -0.2) is 28.9 Å². The molecule has 0 aliphatic carbocycles. The summed E-state index contributed by atoms with van der Waals surface area (Å²) >= 11 is 0. The quantitative estimate of drug-likeness (QED) is 0.578. The van der Waals surface area contributed by atoms with Crippen molar-refractivity contribution in [2.24, 2.45) is 19.1 Å². The van der Waals surface area contributed by atoms with E-state index in [0.29, 0.717) is 0 Å². The highest BCUT2D eigenvalue weighted by Crippen LogP contribution is 2.22. The van der Waals surface area contributed by atoms with E-state index in [9.17, 15) is 18.0 Å². The largest absolute Gasteiger partial charge is 0.332 e. The van der Waals surface area contributed by atoms with Crippen LogP contribution in [0.3, 0.4) is 0 Å². The summed E-state index contributed by atoms with van der Waals surface area (Å²) in [5, 5.41) is -0.0780. The summed E-state index contributed by atoms with van der Waals surface area (Å²) in [7, 11) is -0.639. The van der Waals surface area contributed by atoms with Gasteiger partial charge >= 0.3 is 5.69 Å². The molecule has 92 valence electrons. The van der Waals surface area contributed by atoms with Gasteiger partial charge in [-0.05, 0) is 0 Å². The van der Waals surface area contributed by atoms with Gasteiger partial charge in [-0.1, -0.05) is 0 Å². The molecule has 7 nitrogen and oxygen atoms in total. The number of hydrogen-bond acceptors (Lipinski definition) is 5. The molecule has 0 unspecified atom stereocenters. The molecule has 1 aliphatic heterocycles. The smallest absolute Gasteiger partial charge is 0.281 e. The Morgan fingerprint density at radius 1 is 1.18 bits per heavy atom. The van der Waals surface area contributed by atoms with Crippen LogP contribution >= 0.6 is 0 Å². The van der Waals surface area contributed by atoms with Gasteiger partial charge in [-0.15, -0.1) is 0 Å². The van der Waals surface area contributed by atoms with Gasteiger partial charge in [0.2, 0.25) is 0 Å². The Morgan fingerprint density at radius 2 is 1.76 bits per heavy atom. The van der Waals surface area contributed by atoms with Crippen molar-refractivity contribution in [1.82, 2.24) is 9.13 Å². The van der Waals surface area contributed by atoms with Gasteiger partial charge in [0, 0.05) is 26.8 Å². The van der Waals surface area contributed by atoms with Crippen molar-refractivity contribution in [2.45, 2.75) is 6.42 Å². The van der Waals surface area contributed by atoms with Crippen LogP contribution in [-0.2, 0) is 30.4 Å². The molecule has 2 rings (SSSR count). The highest BCUT2D eigenvalue weighted by Gasteiger charge is 2.27. The maximum absolute atomic E-state index is 11.8. The van der Waals surface area contributed by atoms with Crippen LogP contribution in [0.1, 0.15) is 5.56 Å². The molecule has 0 amide bonds. The molecular formula is C9H11N3O4S. The minimum atomic E-state index is -3.44. The molecule has 1 aliphatic rings. The minimum absolute atomic E-state index is 0.0467. The Balaban J connectivity index is 2.81.